The summed E-state index contributed by atoms with van der Waals surface area (Å²) in [5.74, 6) is 0.419. The highest BCUT2D eigenvalue weighted by Gasteiger charge is 2.49. The Kier molecular flexibility index (Phi) is 5.44. The SMILES string of the molecule is CCC(C)NC(=O)CN1C(=O)C(c2ccccc2)=NC12CCC(C)CC2. The van der Waals surface area contributed by atoms with E-state index in [0.29, 0.717) is 11.6 Å². The third-order valence-corrected chi connectivity index (χ3v) is 5.71. The minimum atomic E-state index is -0.554. The van der Waals surface area contributed by atoms with Gasteiger partial charge in [0.2, 0.25) is 5.91 Å². The van der Waals surface area contributed by atoms with Crippen molar-refractivity contribution >= 4 is 17.5 Å². The molecule has 0 bridgehead atoms. The van der Waals surface area contributed by atoms with Gasteiger partial charge in [-0.05, 0) is 44.9 Å². The molecule has 3 rings (SSSR count). The molecule has 1 aliphatic carbocycles. The number of nitrogens with zero attached hydrogens (tertiary/aromatic N) is 2. The van der Waals surface area contributed by atoms with Crippen molar-refractivity contribution in [3.05, 3.63) is 35.9 Å². The first-order valence-electron chi connectivity index (χ1n) is 9.72. The van der Waals surface area contributed by atoms with Crippen LogP contribution < -0.4 is 5.32 Å². The maximum atomic E-state index is 13.2. The first-order valence-corrected chi connectivity index (χ1v) is 9.72. The van der Waals surface area contributed by atoms with Crippen molar-refractivity contribution in [2.45, 2.75) is 64.6 Å². The molecule has 2 amide bonds. The third kappa shape index (κ3) is 3.67. The van der Waals surface area contributed by atoms with Gasteiger partial charge in [-0.25, -0.2) is 0 Å². The van der Waals surface area contributed by atoms with Crippen LogP contribution in [0.2, 0.25) is 0 Å². The monoisotopic (exact) mass is 355 g/mol. The summed E-state index contributed by atoms with van der Waals surface area (Å²) in [5, 5.41) is 2.98. The smallest absolute Gasteiger partial charge is 0.275 e. The second-order valence-electron chi connectivity index (χ2n) is 7.76. The fourth-order valence-corrected chi connectivity index (χ4v) is 3.81. The summed E-state index contributed by atoms with van der Waals surface area (Å²) in [5.41, 5.74) is 0.776. The number of carbonyl (C=O) groups excluding carboxylic acids is 2. The Labute approximate surface area is 155 Å². The minimum Gasteiger partial charge on any atom is -0.352 e. The van der Waals surface area contributed by atoms with Crippen LogP contribution >= 0.6 is 0 Å². The molecule has 1 aromatic rings. The normalized spacial score (nSPS) is 26.7. The van der Waals surface area contributed by atoms with Gasteiger partial charge in [0, 0.05) is 11.6 Å². The number of benzene rings is 1. The van der Waals surface area contributed by atoms with Crippen LogP contribution in [-0.4, -0.2) is 40.7 Å². The second kappa shape index (κ2) is 7.60. The van der Waals surface area contributed by atoms with E-state index in [9.17, 15) is 9.59 Å². The standard InChI is InChI=1S/C21H29N3O2/c1-4-16(3)22-18(25)14-24-20(26)19(17-8-6-5-7-9-17)23-21(24)12-10-15(2)11-13-21/h5-9,15-16H,4,10-14H2,1-3H3,(H,22,25). The Morgan fingerprint density at radius 3 is 2.58 bits per heavy atom. The summed E-state index contributed by atoms with van der Waals surface area (Å²) in [7, 11) is 0. The Hall–Kier alpha value is -2.17. The van der Waals surface area contributed by atoms with Gasteiger partial charge < -0.3 is 10.2 Å². The first-order chi connectivity index (χ1) is 12.4. The molecule has 0 radical (unpaired) electrons. The number of hydrogen-bond donors (Lipinski definition) is 1. The number of carbonyl (C=O) groups is 2. The van der Waals surface area contributed by atoms with E-state index in [1.807, 2.05) is 44.2 Å². The molecule has 1 atom stereocenters. The predicted octanol–water partition coefficient (Wildman–Crippen LogP) is 3.14. The Morgan fingerprint density at radius 1 is 1.31 bits per heavy atom. The van der Waals surface area contributed by atoms with E-state index in [-0.39, 0.29) is 24.4 Å². The number of hydrogen-bond acceptors (Lipinski definition) is 3. The largest absolute Gasteiger partial charge is 0.352 e. The summed E-state index contributed by atoms with van der Waals surface area (Å²) < 4.78 is 0. The molecule has 26 heavy (non-hydrogen) atoms. The Bertz CT molecular complexity index is 690. The van der Waals surface area contributed by atoms with Crippen molar-refractivity contribution in [2.24, 2.45) is 10.9 Å². The predicted molar refractivity (Wildman–Crippen MR) is 103 cm³/mol. The maximum absolute atomic E-state index is 13.2. The zero-order valence-corrected chi connectivity index (χ0v) is 16.0. The van der Waals surface area contributed by atoms with E-state index in [0.717, 1.165) is 37.7 Å². The molecule has 1 aliphatic heterocycles. The van der Waals surface area contributed by atoms with Crippen LogP contribution in [0.3, 0.4) is 0 Å². The summed E-state index contributed by atoms with van der Waals surface area (Å²) >= 11 is 0. The molecule has 5 nitrogen and oxygen atoms in total. The second-order valence-corrected chi connectivity index (χ2v) is 7.76. The molecule has 0 aromatic heterocycles. The number of amides is 2. The van der Waals surface area contributed by atoms with Crippen molar-refractivity contribution < 1.29 is 9.59 Å². The lowest BCUT2D eigenvalue weighted by atomic mass is 9.82. The molecule has 1 spiro atoms. The maximum Gasteiger partial charge on any atom is 0.275 e. The molecular formula is C21H29N3O2. The van der Waals surface area contributed by atoms with Crippen molar-refractivity contribution in [2.75, 3.05) is 6.54 Å². The number of aliphatic imine (C=N–C) groups is 1. The molecule has 140 valence electrons. The molecule has 1 aromatic carbocycles. The first kappa shape index (κ1) is 18.6. The average Bonchev–Trinajstić information content (AvgIpc) is 2.91. The van der Waals surface area contributed by atoms with Gasteiger partial charge in [-0.1, -0.05) is 44.2 Å². The lowest BCUT2D eigenvalue weighted by Crippen LogP contribution is -2.53. The van der Waals surface area contributed by atoms with Crippen molar-refractivity contribution in [3.8, 4) is 0 Å². The summed E-state index contributed by atoms with van der Waals surface area (Å²) in [6, 6.07) is 9.70. The van der Waals surface area contributed by atoms with E-state index in [1.54, 1.807) is 4.90 Å². The summed E-state index contributed by atoms with van der Waals surface area (Å²) in [6.45, 7) is 6.34. The molecule has 1 saturated carbocycles. The van der Waals surface area contributed by atoms with Crippen molar-refractivity contribution in [1.82, 2.24) is 10.2 Å². The highest BCUT2D eigenvalue weighted by atomic mass is 16.2. The lowest BCUT2D eigenvalue weighted by Gasteiger charge is -2.40. The topological polar surface area (TPSA) is 61.8 Å². The van der Waals surface area contributed by atoms with Crippen molar-refractivity contribution in [1.29, 1.82) is 0 Å². The minimum absolute atomic E-state index is 0.0807. The highest BCUT2D eigenvalue weighted by molar-refractivity contribution is 6.47. The van der Waals surface area contributed by atoms with Crippen LogP contribution in [0.5, 0.6) is 0 Å². The number of nitrogens with one attached hydrogen (secondary N) is 1. The summed E-state index contributed by atoms with van der Waals surface area (Å²) in [6.07, 6.45) is 4.58. The van der Waals surface area contributed by atoms with Gasteiger partial charge in [-0.15, -0.1) is 0 Å². The van der Waals surface area contributed by atoms with Gasteiger partial charge in [-0.3, -0.25) is 14.6 Å². The van der Waals surface area contributed by atoms with Crippen LogP contribution in [0.15, 0.2) is 35.3 Å². The van der Waals surface area contributed by atoms with Crippen LogP contribution in [0, 0.1) is 5.92 Å². The summed E-state index contributed by atoms with van der Waals surface area (Å²) in [4.78, 5) is 32.3. The van der Waals surface area contributed by atoms with E-state index in [2.05, 4.69) is 12.2 Å². The number of rotatable bonds is 5. The van der Waals surface area contributed by atoms with Gasteiger partial charge in [0.15, 0.2) is 0 Å². The third-order valence-electron chi connectivity index (χ3n) is 5.71. The molecule has 0 saturated heterocycles. The van der Waals surface area contributed by atoms with Crippen LogP contribution in [0.25, 0.3) is 0 Å². The Morgan fingerprint density at radius 2 is 1.96 bits per heavy atom. The highest BCUT2D eigenvalue weighted by Crippen LogP contribution is 2.41. The zero-order chi connectivity index (χ0) is 18.7. The van der Waals surface area contributed by atoms with Crippen LogP contribution in [0.4, 0.5) is 0 Å². The van der Waals surface area contributed by atoms with Gasteiger partial charge >= 0.3 is 0 Å². The average molecular weight is 355 g/mol. The molecule has 1 fully saturated rings. The molecule has 1 N–H and O–H groups in total. The molecule has 2 aliphatic rings. The van der Waals surface area contributed by atoms with Crippen LogP contribution in [-0.2, 0) is 9.59 Å². The molecule has 1 unspecified atom stereocenters. The van der Waals surface area contributed by atoms with E-state index < -0.39 is 5.66 Å². The lowest BCUT2D eigenvalue weighted by molar-refractivity contribution is -0.136. The fourth-order valence-electron chi connectivity index (χ4n) is 3.81. The van der Waals surface area contributed by atoms with E-state index >= 15 is 0 Å². The van der Waals surface area contributed by atoms with Gasteiger partial charge in [0.05, 0.1) is 0 Å². The van der Waals surface area contributed by atoms with E-state index in [4.69, 9.17) is 4.99 Å². The fraction of sp³-hybridized carbons (Fsp3) is 0.571. The van der Waals surface area contributed by atoms with E-state index in [1.165, 1.54) is 0 Å². The zero-order valence-electron chi connectivity index (χ0n) is 16.0. The van der Waals surface area contributed by atoms with Crippen molar-refractivity contribution in [3.63, 3.8) is 0 Å². The quantitative estimate of drug-likeness (QED) is 0.882. The van der Waals surface area contributed by atoms with Gasteiger partial charge in [0.1, 0.15) is 17.9 Å². The van der Waals surface area contributed by atoms with Gasteiger partial charge in [-0.2, -0.15) is 0 Å². The molecular weight excluding hydrogens is 326 g/mol. The Balaban J connectivity index is 1.87. The van der Waals surface area contributed by atoms with Crippen LogP contribution in [0.1, 0.15) is 58.4 Å². The molecule has 1 heterocycles. The van der Waals surface area contributed by atoms with Gasteiger partial charge in [0.25, 0.3) is 5.91 Å². The molecule has 5 heteroatoms.